The highest BCUT2D eigenvalue weighted by atomic mass is 16.3. The summed E-state index contributed by atoms with van der Waals surface area (Å²) in [6.07, 6.45) is 11.0. The second-order valence-electron chi connectivity index (χ2n) is 3.95. The van der Waals surface area contributed by atoms with Crippen LogP contribution >= 0.6 is 0 Å². The topological polar surface area (TPSA) is 75.1 Å². The molecule has 0 spiro atoms. The summed E-state index contributed by atoms with van der Waals surface area (Å²) in [7, 11) is 0. The number of nitrogens with one attached hydrogen (secondary N) is 1. The first-order chi connectivity index (χ1) is 8.17. The minimum Gasteiger partial charge on any atom is -0.396 e. The van der Waals surface area contributed by atoms with Crippen molar-refractivity contribution in [3.8, 4) is 12.3 Å². The summed E-state index contributed by atoms with van der Waals surface area (Å²) in [4.78, 5) is 25.2. The summed E-state index contributed by atoms with van der Waals surface area (Å²) in [6, 6.07) is -0.253. The Hall–Kier alpha value is -2.06. The van der Waals surface area contributed by atoms with E-state index < -0.39 is 11.2 Å². The van der Waals surface area contributed by atoms with Crippen molar-refractivity contribution in [3.05, 3.63) is 44.8 Å². The van der Waals surface area contributed by atoms with Gasteiger partial charge in [-0.15, -0.1) is 6.42 Å². The molecule has 1 aromatic rings. The van der Waals surface area contributed by atoms with Crippen molar-refractivity contribution < 1.29 is 5.11 Å². The maximum atomic E-state index is 11.7. The molecule has 88 valence electrons. The zero-order valence-corrected chi connectivity index (χ0v) is 9.09. The van der Waals surface area contributed by atoms with Crippen LogP contribution in [0.15, 0.2) is 27.9 Å². The zero-order chi connectivity index (χ0) is 12.4. The molecule has 2 atom stereocenters. The number of H-pyrrole nitrogens is 1. The molecule has 1 aliphatic carbocycles. The molecule has 2 N–H and O–H groups in total. The van der Waals surface area contributed by atoms with Gasteiger partial charge in [0.15, 0.2) is 0 Å². The molecule has 0 aliphatic heterocycles. The van der Waals surface area contributed by atoms with Gasteiger partial charge in [-0.3, -0.25) is 14.3 Å². The number of aromatic nitrogens is 2. The Bertz CT molecular complexity index is 603. The minimum atomic E-state index is -0.559. The summed E-state index contributed by atoms with van der Waals surface area (Å²) in [6.45, 7) is -0.0192. The number of rotatable bonds is 2. The van der Waals surface area contributed by atoms with Crippen LogP contribution in [-0.2, 0) is 0 Å². The average molecular weight is 232 g/mol. The molecule has 0 fully saturated rings. The van der Waals surface area contributed by atoms with E-state index in [2.05, 4.69) is 10.9 Å². The maximum Gasteiger partial charge on any atom is 0.328 e. The monoisotopic (exact) mass is 232 g/mol. The number of aliphatic hydroxyl groups excluding tert-OH is 1. The molecule has 0 saturated heterocycles. The van der Waals surface area contributed by atoms with Crippen LogP contribution in [0.3, 0.4) is 0 Å². The molecule has 1 aliphatic rings. The van der Waals surface area contributed by atoms with Gasteiger partial charge in [0.25, 0.3) is 5.56 Å². The predicted molar refractivity (Wildman–Crippen MR) is 62.6 cm³/mol. The third kappa shape index (κ3) is 1.95. The van der Waals surface area contributed by atoms with Crippen molar-refractivity contribution in [3.63, 3.8) is 0 Å². The van der Waals surface area contributed by atoms with Crippen LogP contribution in [0.1, 0.15) is 18.0 Å². The van der Waals surface area contributed by atoms with Gasteiger partial charge >= 0.3 is 5.69 Å². The fraction of sp³-hybridized carbons (Fsp3) is 0.333. The summed E-state index contributed by atoms with van der Waals surface area (Å²) < 4.78 is 1.36. The van der Waals surface area contributed by atoms with Crippen LogP contribution in [0.2, 0.25) is 0 Å². The van der Waals surface area contributed by atoms with Crippen LogP contribution in [-0.4, -0.2) is 21.3 Å². The normalized spacial score (nSPS) is 22.6. The van der Waals surface area contributed by atoms with E-state index in [0.717, 1.165) is 0 Å². The molecule has 1 aromatic heterocycles. The summed E-state index contributed by atoms with van der Waals surface area (Å²) in [5.74, 6) is 2.18. The molecule has 2 rings (SSSR count). The number of allylic oxidation sites excluding steroid dienone is 2. The quantitative estimate of drug-likeness (QED) is 0.539. The lowest BCUT2D eigenvalue weighted by atomic mass is 10.0. The average Bonchev–Trinajstić information content (AvgIpc) is 2.77. The third-order valence-corrected chi connectivity index (χ3v) is 2.93. The van der Waals surface area contributed by atoms with E-state index in [9.17, 15) is 14.7 Å². The van der Waals surface area contributed by atoms with Gasteiger partial charge in [0, 0.05) is 18.7 Å². The molecule has 5 nitrogen and oxygen atoms in total. The van der Waals surface area contributed by atoms with Gasteiger partial charge < -0.3 is 5.11 Å². The molecule has 0 amide bonds. The number of hydrogen-bond acceptors (Lipinski definition) is 3. The van der Waals surface area contributed by atoms with Gasteiger partial charge in [0.05, 0.1) is 6.04 Å². The van der Waals surface area contributed by atoms with E-state index in [1.165, 1.54) is 10.8 Å². The van der Waals surface area contributed by atoms with Crippen molar-refractivity contribution >= 4 is 0 Å². The number of aromatic amines is 1. The van der Waals surface area contributed by atoms with Crippen LogP contribution in [0, 0.1) is 18.3 Å². The lowest BCUT2D eigenvalue weighted by Gasteiger charge is -2.19. The minimum absolute atomic E-state index is 0.0192. The Balaban J connectivity index is 2.53. The summed E-state index contributed by atoms with van der Waals surface area (Å²) in [5, 5.41) is 9.20. The largest absolute Gasteiger partial charge is 0.396 e. The molecule has 17 heavy (non-hydrogen) atoms. The summed E-state index contributed by atoms with van der Waals surface area (Å²) in [5.41, 5.74) is -0.957. The molecule has 0 radical (unpaired) electrons. The van der Waals surface area contributed by atoms with Gasteiger partial charge in [0.2, 0.25) is 0 Å². The maximum absolute atomic E-state index is 11.7. The predicted octanol–water partition coefficient (Wildman–Crippen LogP) is -0.373. The summed E-state index contributed by atoms with van der Waals surface area (Å²) >= 11 is 0. The van der Waals surface area contributed by atoms with Crippen LogP contribution in [0.5, 0.6) is 0 Å². The fourth-order valence-corrected chi connectivity index (χ4v) is 2.00. The molecule has 0 bridgehead atoms. The van der Waals surface area contributed by atoms with Crippen LogP contribution < -0.4 is 11.2 Å². The molecule has 1 heterocycles. The number of hydrogen-bond donors (Lipinski definition) is 2. The number of terminal acetylenes is 1. The Morgan fingerprint density at radius 1 is 1.59 bits per heavy atom. The Morgan fingerprint density at radius 2 is 2.35 bits per heavy atom. The van der Waals surface area contributed by atoms with Gasteiger partial charge in [-0.1, -0.05) is 18.1 Å². The third-order valence-electron chi connectivity index (χ3n) is 2.93. The molecular weight excluding hydrogens is 220 g/mol. The van der Waals surface area contributed by atoms with E-state index in [4.69, 9.17) is 6.42 Å². The zero-order valence-electron chi connectivity index (χ0n) is 9.09. The first-order valence-corrected chi connectivity index (χ1v) is 5.27. The van der Waals surface area contributed by atoms with Crippen molar-refractivity contribution in [1.82, 2.24) is 9.55 Å². The van der Waals surface area contributed by atoms with Crippen molar-refractivity contribution in [1.29, 1.82) is 0 Å². The van der Waals surface area contributed by atoms with E-state index >= 15 is 0 Å². The lowest BCUT2D eigenvalue weighted by Crippen LogP contribution is -2.35. The second kappa shape index (κ2) is 4.44. The van der Waals surface area contributed by atoms with Gasteiger partial charge in [0.1, 0.15) is 5.56 Å². The smallest absolute Gasteiger partial charge is 0.328 e. The molecule has 0 saturated carbocycles. The van der Waals surface area contributed by atoms with Crippen molar-refractivity contribution in [2.45, 2.75) is 12.5 Å². The highest BCUT2D eigenvalue weighted by molar-refractivity contribution is 5.26. The first kappa shape index (κ1) is 11.4. The van der Waals surface area contributed by atoms with E-state index in [-0.39, 0.29) is 24.1 Å². The van der Waals surface area contributed by atoms with Crippen LogP contribution in [0.25, 0.3) is 0 Å². The Morgan fingerprint density at radius 3 is 3.00 bits per heavy atom. The Labute approximate surface area is 97.4 Å². The highest BCUT2D eigenvalue weighted by Crippen LogP contribution is 2.27. The van der Waals surface area contributed by atoms with Crippen LogP contribution in [0.4, 0.5) is 0 Å². The Kier molecular flexibility index (Phi) is 2.98. The van der Waals surface area contributed by atoms with E-state index in [1.54, 1.807) is 0 Å². The van der Waals surface area contributed by atoms with E-state index in [0.29, 0.717) is 6.42 Å². The second-order valence-corrected chi connectivity index (χ2v) is 3.95. The van der Waals surface area contributed by atoms with Gasteiger partial charge in [-0.05, 0) is 6.42 Å². The van der Waals surface area contributed by atoms with Gasteiger partial charge in [-0.2, -0.15) is 0 Å². The fourth-order valence-electron chi connectivity index (χ4n) is 2.00. The molecule has 0 aromatic carbocycles. The standard InChI is InChI=1S/C12H12N2O3/c1-2-8-6-14(12(17)13-11(8)16)10-5-3-4-9(10)7-15/h1,3,5-6,9-10,15H,4,7H2,(H,13,16,17)/t9-,10-/m0/s1. The molecule has 0 unspecified atom stereocenters. The lowest BCUT2D eigenvalue weighted by molar-refractivity contribution is 0.202. The molecular formula is C12H12N2O3. The van der Waals surface area contributed by atoms with Gasteiger partial charge in [-0.25, -0.2) is 4.79 Å². The molecule has 5 heteroatoms. The number of aliphatic hydroxyl groups is 1. The van der Waals surface area contributed by atoms with Crippen molar-refractivity contribution in [2.75, 3.05) is 6.61 Å². The van der Waals surface area contributed by atoms with E-state index in [1.807, 2.05) is 12.2 Å². The number of nitrogens with zero attached hydrogens (tertiary/aromatic N) is 1. The highest BCUT2D eigenvalue weighted by Gasteiger charge is 2.24. The van der Waals surface area contributed by atoms with Crippen molar-refractivity contribution in [2.24, 2.45) is 5.92 Å². The SMILES string of the molecule is C#Cc1cn([C@H]2C=CC[C@H]2CO)c(=O)[nH]c1=O. The first-order valence-electron chi connectivity index (χ1n) is 5.27.